The van der Waals surface area contributed by atoms with Crippen LogP contribution in [0, 0.1) is 17.5 Å². The fraction of sp³-hybridized carbons (Fsp3) is 0.222. The van der Waals surface area contributed by atoms with Crippen molar-refractivity contribution in [2.75, 3.05) is 7.11 Å². The first-order valence-electron chi connectivity index (χ1n) is 7.49. The molecule has 0 amide bonds. The Balaban J connectivity index is 2.38. The number of aromatic nitrogens is 1. The van der Waals surface area contributed by atoms with Crippen LogP contribution >= 0.6 is 11.3 Å². The Morgan fingerprint density at radius 2 is 1.92 bits per heavy atom. The second-order valence-corrected chi connectivity index (χ2v) is 6.80. The summed E-state index contributed by atoms with van der Waals surface area (Å²) in [6, 6.07) is 2.89. The average molecular weight is 365 g/mol. The number of fused-ring (bicyclic) bond motifs is 1. The fourth-order valence-electron chi connectivity index (χ4n) is 2.75. The third-order valence-corrected chi connectivity index (χ3v) is 5.05. The molecule has 3 aromatic rings. The van der Waals surface area contributed by atoms with E-state index in [1.54, 1.807) is 0 Å². The molecule has 25 heavy (non-hydrogen) atoms. The quantitative estimate of drug-likeness (QED) is 0.468. The van der Waals surface area contributed by atoms with Crippen LogP contribution < -0.4 is 0 Å². The number of ether oxygens (including phenoxy) is 1. The molecule has 3 nitrogen and oxygen atoms in total. The second kappa shape index (κ2) is 6.48. The zero-order valence-corrected chi connectivity index (χ0v) is 14.5. The van der Waals surface area contributed by atoms with E-state index in [1.807, 2.05) is 13.8 Å². The van der Waals surface area contributed by atoms with Crippen LogP contribution in [0.25, 0.3) is 21.3 Å². The number of thiophene rings is 1. The van der Waals surface area contributed by atoms with Gasteiger partial charge in [0.1, 0.15) is 10.7 Å². The normalized spacial score (nSPS) is 11.3. The lowest BCUT2D eigenvalue weighted by Gasteiger charge is -2.08. The molecule has 0 fully saturated rings. The number of pyridine rings is 1. The van der Waals surface area contributed by atoms with Crippen molar-refractivity contribution in [2.45, 2.75) is 19.8 Å². The van der Waals surface area contributed by atoms with Crippen LogP contribution in [0.1, 0.15) is 35.0 Å². The molecular weight excluding hydrogens is 351 g/mol. The van der Waals surface area contributed by atoms with Gasteiger partial charge < -0.3 is 4.74 Å². The molecule has 2 aromatic heterocycles. The van der Waals surface area contributed by atoms with Gasteiger partial charge in [0.25, 0.3) is 0 Å². The van der Waals surface area contributed by atoms with Crippen LogP contribution in [0.3, 0.4) is 0 Å². The summed E-state index contributed by atoms with van der Waals surface area (Å²) < 4.78 is 46.7. The van der Waals surface area contributed by atoms with Gasteiger partial charge in [-0.3, -0.25) is 4.98 Å². The molecule has 0 bridgehead atoms. The summed E-state index contributed by atoms with van der Waals surface area (Å²) in [6.07, 6.45) is 1.43. The fourth-order valence-corrected chi connectivity index (χ4v) is 4.11. The Labute approximate surface area is 146 Å². The molecule has 0 saturated carbocycles. The number of halogens is 3. The van der Waals surface area contributed by atoms with Gasteiger partial charge >= 0.3 is 5.97 Å². The highest BCUT2D eigenvalue weighted by Crippen LogP contribution is 2.41. The smallest absolute Gasteiger partial charge is 0.348 e. The van der Waals surface area contributed by atoms with E-state index in [4.69, 9.17) is 4.74 Å². The lowest BCUT2D eigenvalue weighted by atomic mass is 9.99. The lowest BCUT2D eigenvalue weighted by Crippen LogP contribution is -2.03. The van der Waals surface area contributed by atoms with Crippen molar-refractivity contribution in [1.29, 1.82) is 0 Å². The first kappa shape index (κ1) is 17.4. The molecule has 0 spiro atoms. The van der Waals surface area contributed by atoms with Gasteiger partial charge in [0.15, 0.2) is 11.6 Å². The molecule has 0 aliphatic rings. The van der Waals surface area contributed by atoms with Gasteiger partial charge in [0.05, 0.1) is 17.3 Å². The van der Waals surface area contributed by atoms with Crippen molar-refractivity contribution >= 4 is 27.5 Å². The number of rotatable bonds is 3. The first-order valence-corrected chi connectivity index (χ1v) is 8.31. The Morgan fingerprint density at radius 1 is 1.20 bits per heavy atom. The predicted molar refractivity (Wildman–Crippen MR) is 90.4 cm³/mol. The third-order valence-electron chi connectivity index (χ3n) is 3.84. The van der Waals surface area contributed by atoms with Crippen molar-refractivity contribution in [3.8, 4) is 11.1 Å². The summed E-state index contributed by atoms with van der Waals surface area (Å²) in [5.41, 5.74) is 1.24. The van der Waals surface area contributed by atoms with Gasteiger partial charge in [0, 0.05) is 29.0 Å². The topological polar surface area (TPSA) is 39.2 Å². The number of carbonyl (C=O) groups excluding carboxylic acids is 1. The number of methoxy groups -OCH3 is 1. The number of hydrogen-bond acceptors (Lipinski definition) is 4. The molecule has 7 heteroatoms. The Morgan fingerprint density at radius 3 is 2.56 bits per heavy atom. The number of nitrogens with zero attached hydrogens (tertiary/aromatic N) is 1. The Hall–Kier alpha value is -2.41. The minimum absolute atomic E-state index is 0.0420. The van der Waals surface area contributed by atoms with Crippen molar-refractivity contribution < 1.29 is 22.7 Å². The van der Waals surface area contributed by atoms with E-state index in [0.29, 0.717) is 26.7 Å². The number of esters is 1. The van der Waals surface area contributed by atoms with Gasteiger partial charge in [0.2, 0.25) is 0 Å². The predicted octanol–water partition coefficient (Wildman–Crippen LogP) is 5.29. The van der Waals surface area contributed by atoms with Gasteiger partial charge in [-0.2, -0.15) is 0 Å². The van der Waals surface area contributed by atoms with Crippen LogP contribution in [-0.4, -0.2) is 18.1 Å². The largest absolute Gasteiger partial charge is 0.465 e. The van der Waals surface area contributed by atoms with Gasteiger partial charge in [-0.15, -0.1) is 11.3 Å². The molecule has 0 atom stereocenters. The number of hydrogen-bond donors (Lipinski definition) is 0. The Kier molecular flexibility index (Phi) is 4.51. The molecule has 3 rings (SSSR count). The second-order valence-electron chi connectivity index (χ2n) is 5.78. The van der Waals surface area contributed by atoms with E-state index in [-0.39, 0.29) is 17.0 Å². The summed E-state index contributed by atoms with van der Waals surface area (Å²) in [7, 11) is 1.27. The minimum atomic E-state index is -1.27. The van der Waals surface area contributed by atoms with Crippen molar-refractivity contribution in [3.05, 3.63) is 52.3 Å². The SMILES string of the molecule is COC(=O)c1sc2c(-c3cc(F)cc(F)c3F)ccnc2c1C(C)C. The zero-order valence-electron chi connectivity index (χ0n) is 13.7. The third kappa shape index (κ3) is 2.89. The van der Waals surface area contributed by atoms with E-state index in [0.717, 1.165) is 17.4 Å². The molecule has 0 unspecified atom stereocenters. The highest BCUT2D eigenvalue weighted by Gasteiger charge is 2.25. The standard InChI is InChI=1S/C18H14F3NO2S/c1-8(2)13-15-16(25-17(13)18(23)24-3)10(4-5-22-15)11-6-9(19)7-12(20)14(11)21/h4-8H,1-3H3. The summed E-state index contributed by atoms with van der Waals surface area (Å²) >= 11 is 1.08. The first-order chi connectivity index (χ1) is 11.8. The van der Waals surface area contributed by atoms with Crippen LogP contribution in [-0.2, 0) is 4.74 Å². The highest BCUT2D eigenvalue weighted by molar-refractivity contribution is 7.21. The van der Waals surface area contributed by atoms with Gasteiger partial charge in [-0.1, -0.05) is 13.8 Å². The molecule has 1 aromatic carbocycles. The summed E-state index contributed by atoms with van der Waals surface area (Å²) in [4.78, 5) is 16.7. The average Bonchev–Trinajstić information content (AvgIpc) is 2.97. The summed E-state index contributed by atoms with van der Waals surface area (Å²) in [6.45, 7) is 3.79. The molecule has 0 saturated heterocycles. The molecule has 0 N–H and O–H groups in total. The Bertz CT molecular complexity index is 982. The molecule has 2 heterocycles. The maximum atomic E-state index is 14.2. The molecule has 0 aliphatic heterocycles. The van der Waals surface area contributed by atoms with Crippen LogP contribution in [0.4, 0.5) is 13.2 Å². The summed E-state index contributed by atoms with van der Waals surface area (Å²) in [5, 5.41) is 0. The van der Waals surface area contributed by atoms with Crippen molar-refractivity contribution in [2.24, 2.45) is 0 Å². The van der Waals surface area contributed by atoms with E-state index in [9.17, 15) is 18.0 Å². The maximum absolute atomic E-state index is 14.2. The van der Waals surface area contributed by atoms with Crippen molar-refractivity contribution in [3.63, 3.8) is 0 Å². The van der Waals surface area contributed by atoms with Crippen LogP contribution in [0.2, 0.25) is 0 Å². The lowest BCUT2D eigenvalue weighted by molar-refractivity contribution is 0.0605. The van der Waals surface area contributed by atoms with Crippen LogP contribution in [0.15, 0.2) is 24.4 Å². The van der Waals surface area contributed by atoms with E-state index in [2.05, 4.69) is 4.98 Å². The molecule has 130 valence electrons. The van der Waals surface area contributed by atoms with Crippen molar-refractivity contribution in [1.82, 2.24) is 4.98 Å². The minimum Gasteiger partial charge on any atom is -0.465 e. The summed E-state index contributed by atoms with van der Waals surface area (Å²) in [5.74, 6) is -3.86. The van der Waals surface area contributed by atoms with Gasteiger partial charge in [-0.05, 0) is 18.1 Å². The van der Waals surface area contributed by atoms with E-state index >= 15 is 0 Å². The monoisotopic (exact) mass is 365 g/mol. The highest BCUT2D eigenvalue weighted by atomic mass is 32.1. The molecule has 0 radical (unpaired) electrons. The molecular formula is C18H14F3NO2S. The molecule has 0 aliphatic carbocycles. The van der Waals surface area contributed by atoms with E-state index < -0.39 is 23.4 Å². The van der Waals surface area contributed by atoms with Crippen LogP contribution in [0.5, 0.6) is 0 Å². The zero-order chi connectivity index (χ0) is 18.3. The van der Waals surface area contributed by atoms with Gasteiger partial charge in [-0.25, -0.2) is 18.0 Å². The van der Waals surface area contributed by atoms with E-state index in [1.165, 1.54) is 19.4 Å². The number of benzene rings is 1. The maximum Gasteiger partial charge on any atom is 0.348 e. The number of carbonyl (C=O) groups is 1.